The van der Waals surface area contributed by atoms with Crippen molar-refractivity contribution in [3.63, 3.8) is 0 Å². The third-order valence-corrected chi connectivity index (χ3v) is 7.08. The highest BCUT2D eigenvalue weighted by Gasteiger charge is 2.19. The highest BCUT2D eigenvalue weighted by molar-refractivity contribution is 7.95. The van der Waals surface area contributed by atoms with Crippen LogP contribution >= 0.6 is 0 Å². The van der Waals surface area contributed by atoms with Crippen LogP contribution in [0.25, 0.3) is 0 Å². The molecule has 1 unspecified atom stereocenters. The fourth-order valence-electron chi connectivity index (χ4n) is 3.07. The molecule has 238 valence electrons. The van der Waals surface area contributed by atoms with Gasteiger partial charge in [-0.3, -0.25) is 14.4 Å². The van der Waals surface area contributed by atoms with Crippen LogP contribution < -0.4 is 15.4 Å². The van der Waals surface area contributed by atoms with Gasteiger partial charge in [-0.2, -0.15) is 0 Å². The predicted molar refractivity (Wildman–Crippen MR) is 163 cm³/mol. The van der Waals surface area contributed by atoms with E-state index < -0.39 is 28.3 Å². The fraction of sp³-hybridized carbons (Fsp3) is 0.448. The number of carbonyl (C=O) groups is 4. The average Bonchev–Trinajstić information content (AvgIpc) is 2.92. The van der Waals surface area contributed by atoms with E-state index in [2.05, 4.69) is 23.1 Å². The molecule has 0 radical (unpaired) electrons. The zero-order chi connectivity index (χ0) is 32.4. The number of Topliss-reactive ketones (excluding diaryl/α,β-unsaturated/α-hetero) is 1. The topological polar surface area (TPSA) is 177 Å². The number of anilines is 1. The number of rotatable bonds is 15. The maximum atomic E-state index is 12.0. The van der Waals surface area contributed by atoms with E-state index in [4.69, 9.17) is 14.2 Å². The average molecular weight is 641 g/mol. The molecule has 0 aromatic heterocycles. The minimum Gasteiger partial charge on any atom is -0.744 e. The standard InChI is InChI=1S/C22H32N2O7S.C7H8O3S/c1-5-10-23-22(28)30-15-19(31-21(27)12-16(2)25)14-29-18-8-6-7-17(13-18)24-20(26)9-11-32(3)4;1-6-2-4-7(5-3-6)11(8,9)10/h6-8,13,19H,5,9-12,14-15H2,1-4H3,(H-,23,24,26,28);2-5H,1H3,(H,8,9,10). The summed E-state index contributed by atoms with van der Waals surface area (Å²) in [5, 5.41) is 5.38. The van der Waals surface area contributed by atoms with Gasteiger partial charge in [0.2, 0.25) is 5.91 Å². The molecule has 2 rings (SSSR count). The third-order valence-electron chi connectivity index (χ3n) is 5.21. The first kappa shape index (κ1) is 37.4. The van der Waals surface area contributed by atoms with Crippen molar-refractivity contribution < 1.29 is 46.4 Å². The van der Waals surface area contributed by atoms with Crippen molar-refractivity contribution in [2.24, 2.45) is 0 Å². The molecule has 0 aliphatic heterocycles. The molecule has 0 aliphatic carbocycles. The van der Waals surface area contributed by atoms with Crippen LogP contribution in [0.2, 0.25) is 0 Å². The van der Waals surface area contributed by atoms with E-state index >= 15 is 0 Å². The number of nitrogens with one attached hydrogen (secondary N) is 2. The molecule has 0 aliphatic rings. The van der Waals surface area contributed by atoms with Crippen molar-refractivity contribution in [1.82, 2.24) is 5.32 Å². The molecule has 0 saturated heterocycles. The quantitative estimate of drug-likeness (QED) is 0.127. The number of benzene rings is 2. The third kappa shape index (κ3) is 17.8. The second kappa shape index (κ2) is 19.5. The summed E-state index contributed by atoms with van der Waals surface area (Å²) in [4.78, 5) is 46.6. The van der Waals surface area contributed by atoms with Gasteiger partial charge in [-0.25, -0.2) is 13.2 Å². The van der Waals surface area contributed by atoms with Crippen molar-refractivity contribution in [3.05, 3.63) is 54.1 Å². The molecule has 0 spiro atoms. The molecule has 0 bridgehead atoms. The molecular weight excluding hydrogens is 600 g/mol. The summed E-state index contributed by atoms with van der Waals surface area (Å²) in [5.74, 6) is 0.122. The van der Waals surface area contributed by atoms with E-state index in [-0.39, 0.29) is 47.1 Å². The number of aryl methyl sites for hydroxylation is 1. The van der Waals surface area contributed by atoms with E-state index in [9.17, 15) is 32.1 Å². The number of carbonyl (C=O) groups excluding carboxylic acids is 4. The second-order valence-corrected chi connectivity index (χ2v) is 13.4. The van der Waals surface area contributed by atoms with Crippen LogP contribution in [-0.2, 0) is 44.9 Å². The number of alkyl carbamates (subject to hydrolysis) is 1. The van der Waals surface area contributed by atoms with Crippen molar-refractivity contribution in [1.29, 1.82) is 0 Å². The minimum atomic E-state index is -4.27. The lowest BCUT2D eigenvalue weighted by atomic mass is 10.2. The zero-order valence-corrected chi connectivity index (χ0v) is 26.7. The first-order valence-electron chi connectivity index (χ1n) is 13.4. The Morgan fingerprint density at radius 1 is 1.02 bits per heavy atom. The van der Waals surface area contributed by atoms with Crippen molar-refractivity contribution in [2.75, 3.05) is 43.3 Å². The molecule has 2 amide bonds. The van der Waals surface area contributed by atoms with Gasteiger partial charge in [-0.1, -0.05) is 30.7 Å². The Labute approximate surface area is 256 Å². The molecule has 0 fully saturated rings. The summed E-state index contributed by atoms with van der Waals surface area (Å²) in [7, 11) is -4.08. The van der Waals surface area contributed by atoms with Gasteiger partial charge in [-0.15, -0.1) is 0 Å². The Morgan fingerprint density at radius 3 is 2.28 bits per heavy atom. The van der Waals surface area contributed by atoms with Gasteiger partial charge < -0.3 is 29.4 Å². The van der Waals surface area contributed by atoms with Crippen LogP contribution in [0.5, 0.6) is 5.75 Å². The molecule has 12 nitrogen and oxygen atoms in total. The fourth-order valence-corrected chi connectivity index (χ4v) is 4.13. The van der Waals surface area contributed by atoms with Crippen LogP contribution in [-0.4, -0.2) is 80.9 Å². The lowest BCUT2D eigenvalue weighted by Crippen LogP contribution is -2.34. The first-order chi connectivity index (χ1) is 20.2. The van der Waals surface area contributed by atoms with E-state index in [1.807, 2.05) is 13.8 Å². The van der Waals surface area contributed by atoms with Crippen LogP contribution in [0.15, 0.2) is 53.4 Å². The van der Waals surface area contributed by atoms with E-state index in [1.165, 1.54) is 19.1 Å². The predicted octanol–water partition coefficient (Wildman–Crippen LogP) is 3.20. The van der Waals surface area contributed by atoms with Gasteiger partial charge in [0.05, 0.1) is 23.8 Å². The van der Waals surface area contributed by atoms with Crippen LogP contribution in [0.4, 0.5) is 10.5 Å². The molecule has 0 heterocycles. The van der Waals surface area contributed by atoms with E-state index in [1.54, 1.807) is 36.4 Å². The number of ketones is 1. The maximum Gasteiger partial charge on any atom is 0.407 e. The van der Waals surface area contributed by atoms with Gasteiger partial charge in [0, 0.05) is 18.3 Å². The lowest BCUT2D eigenvalue weighted by Gasteiger charge is -2.19. The zero-order valence-electron chi connectivity index (χ0n) is 25.0. The molecule has 2 N–H and O–H groups in total. The number of esters is 1. The summed E-state index contributed by atoms with van der Waals surface area (Å²) < 4.78 is 47.2. The first-order valence-corrected chi connectivity index (χ1v) is 17.0. The van der Waals surface area contributed by atoms with Crippen molar-refractivity contribution in [2.45, 2.75) is 51.0 Å². The van der Waals surface area contributed by atoms with Gasteiger partial charge >= 0.3 is 12.1 Å². The van der Waals surface area contributed by atoms with E-state index in [0.717, 1.165) is 17.7 Å². The molecule has 43 heavy (non-hydrogen) atoms. The molecule has 1 atom stereocenters. The maximum absolute atomic E-state index is 12.0. The van der Waals surface area contributed by atoms with Crippen molar-refractivity contribution in [3.8, 4) is 5.75 Å². The Kier molecular flexibility index (Phi) is 17.0. The highest BCUT2D eigenvalue weighted by Crippen LogP contribution is 2.18. The molecule has 0 saturated carbocycles. The normalized spacial score (nSPS) is 11.4. The van der Waals surface area contributed by atoms with Crippen LogP contribution in [0, 0.1) is 6.92 Å². The van der Waals surface area contributed by atoms with Crippen LogP contribution in [0.1, 0.15) is 38.7 Å². The molecule has 2 aromatic rings. The van der Waals surface area contributed by atoms with Crippen molar-refractivity contribution >= 4 is 50.5 Å². The van der Waals surface area contributed by atoms with Gasteiger partial charge in [0.15, 0.2) is 6.10 Å². The molecule has 2 aromatic carbocycles. The number of amides is 2. The SMILES string of the molecule is CCCNC(=O)OCC(COc1cccc(NC(=O)CC[S+](C)C)c1)OC(=O)CC(C)=O.Cc1ccc(S(=O)(=O)[O-])cc1. The van der Waals surface area contributed by atoms with Crippen LogP contribution in [0.3, 0.4) is 0 Å². The summed E-state index contributed by atoms with van der Waals surface area (Å²) in [6.45, 7) is 5.13. The number of hydrogen-bond donors (Lipinski definition) is 2. The number of ether oxygens (including phenoxy) is 3. The monoisotopic (exact) mass is 640 g/mol. The summed E-state index contributed by atoms with van der Waals surface area (Å²) in [6, 6.07) is 12.6. The highest BCUT2D eigenvalue weighted by atomic mass is 32.2. The van der Waals surface area contributed by atoms with Gasteiger partial charge in [-0.05, 0) is 55.4 Å². The summed E-state index contributed by atoms with van der Waals surface area (Å²) in [6.07, 6.45) is 3.44. The largest absolute Gasteiger partial charge is 0.744 e. The summed E-state index contributed by atoms with van der Waals surface area (Å²) in [5.41, 5.74) is 1.51. The second-order valence-electron chi connectivity index (χ2n) is 9.61. The van der Waals surface area contributed by atoms with Gasteiger partial charge in [0.1, 0.15) is 47.0 Å². The lowest BCUT2D eigenvalue weighted by molar-refractivity contribution is -0.154. The van der Waals surface area contributed by atoms with E-state index in [0.29, 0.717) is 24.4 Å². The molecule has 14 heteroatoms. The Morgan fingerprint density at radius 2 is 1.70 bits per heavy atom. The summed E-state index contributed by atoms with van der Waals surface area (Å²) >= 11 is 0. The Hall–Kier alpha value is -3.62. The number of hydrogen-bond acceptors (Lipinski definition) is 10. The smallest absolute Gasteiger partial charge is 0.407 e. The van der Waals surface area contributed by atoms with Gasteiger partial charge in [0.25, 0.3) is 0 Å². The molecular formula is C29H40N2O10S2. The minimum absolute atomic E-state index is 0.0779. The Bertz CT molecular complexity index is 1300. The Balaban J connectivity index is 0.000000699.